The number of benzene rings is 1. The molecule has 1 aliphatic heterocycles. The second-order valence-corrected chi connectivity index (χ2v) is 9.18. The van der Waals surface area contributed by atoms with Crippen molar-refractivity contribution in [1.29, 1.82) is 0 Å². The number of thiazole rings is 1. The van der Waals surface area contributed by atoms with E-state index in [0.29, 0.717) is 16.3 Å². The van der Waals surface area contributed by atoms with Crippen LogP contribution in [0.15, 0.2) is 34.1 Å². The Bertz CT molecular complexity index is 1000. The Kier molecular flexibility index (Phi) is 6.61. The molecule has 0 aliphatic carbocycles. The van der Waals surface area contributed by atoms with Gasteiger partial charge in [-0.3, -0.25) is 0 Å². The molecule has 3 N–H and O–H groups in total. The van der Waals surface area contributed by atoms with E-state index in [1.165, 1.54) is 28.2 Å². The van der Waals surface area contributed by atoms with Gasteiger partial charge in [-0.05, 0) is 12.1 Å². The minimum absolute atomic E-state index is 0.172. The molecule has 0 bridgehead atoms. The maximum absolute atomic E-state index is 13.7. The zero-order valence-electron chi connectivity index (χ0n) is 15.0. The number of hydrogen-bond donors (Lipinski definition) is 3. The van der Waals surface area contributed by atoms with Gasteiger partial charge in [0.1, 0.15) is 41.2 Å². The molecule has 5 atom stereocenters. The highest BCUT2D eigenvalue weighted by Gasteiger charge is 2.46. The van der Waals surface area contributed by atoms with Crippen LogP contribution >= 0.6 is 46.3 Å². The van der Waals surface area contributed by atoms with Crippen LogP contribution in [0.3, 0.4) is 0 Å². The monoisotopic (exact) mass is 492 g/mol. The lowest BCUT2D eigenvalue weighted by molar-refractivity contribution is -0.178. The highest BCUT2D eigenvalue weighted by Crippen LogP contribution is 2.40. The van der Waals surface area contributed by atoms with Gasteiger partial charge in [-0.2, -0.15) is 0 Å². The maximum atomic E-state index is 13.7. The maximum Gasteiger partial charge on any atom is 0.160 e. The zero-order chi connectivity index (χ0) is 21.4. The third-order valence-electron chi connectivity index (χ3n) is 4.57. The van der Waals surface area contributed by atoms with Gasteiger partial charge in [0.05, 0.1) is 28.4 Å². The lowest BCUT2D eigenvalue weighted by Gasteiger charge is -2.41. The van der Waals surface area contributed by atoms with Gasteiger partial charge in [-0.15, -0.1) is 16.4 Å². The fraction of sp³-hybridized carbons (Fsp3) is 0.353. The van der Waals surface area contributed by atoms with Crippen molar-refractivity contribution in [2.75, 3.05) is 6.61 Å². The minimum Gasteiger partial charge on any atom is -0.394 e. The van der Waals surface area contributed by atoms with E-state index in [9.17, 15) is 19.7 Å². The summed E-state index contributed by atoms with van der Waals surface area (Å²) in [5.41, 5.74) is 1.81. The summed E-state index contributed by atoms with van der Waals surface area (Å²) < 4.78 is 20.7. The molecular formula is C17H15Cl2FN4O4S2. The predicted molar refractivity (Wildman–Crippen MR) is 110 cm³/mol. The first-order valence-corrected chi connectivity index (χ1v) is 11.2. The molecule has 2 aromatic heterocycles. The van der Waals surface area contributed by atoms with Gasteiger partial charge in [-0.25, -0.2) is 14.1 Å². The van der Waals surface area contributed by atoms with E-state index in [0.717, 1.165) is 11.8 Å². The molecule has 4 rings (SSSR count). The molecule has 3 heterocycles. The Labute approximate surface area is 188 Å². The van der Waals surface area contributed by atoms with Crippen LogP contribution in [0.1, 0.15) is 6.04 Å². The summed E-state index contributed by atoms with van der Waals surface area (Å²) in [5.74, 6) is -0.744. The lowest BCUT2D eigenvalue weighted by atomic mass is 9.97. The average molecular weight is 493 g/mol. The summed E-state index contributed by atoms with van der Waals surface area (Å²) in [4.78, 5) is 4.61. The largest absolute Gasteiger partial charge is 0.394 e. The number of aliphatic hydroxyl groups is 3. The highest BCUT2D eigenvalue weighted by molar-refractivity contribution is 7.99. The Balaban J connectivity index is 1.62. The van der Waals surface area contributed by atoms with Crippen LogP contribution in [-0.2, 0) is 4.74 Å². The second kappa shape index (κ2) is 9.05. The van der Waals surface area contributed by atoms with E-state index in [4.69, 9.17) is 27.9 Å². The summed E-state index contributed by atoms with van der Waals surface area (Å²) in [6.07, 6.45) is -1.94. The van der Waals surface area contributed by atoms with Crippen molar-refractivity contribution in [1.82, 2.24) is 20.0 Å². The minimum atomic E-state index is -1.26. The third kappa shape index (κ3) is 4.21. The van der Waals surface area contributed by atoms with E-state index >= 15 is 0 Å². The number of halogens is 3. The summed E-state index contributed by atoms with van der Waals surface area (Å²) in [6, 6.07) is 1.75. The number of aromatic nitrogens is 4. The first-order chi connectivity index (χ1) is 14.4. The number of thioether (sulfide) groups is 1. The second-order valence-electron chi connectivity index (χ2n) is 6.47. The smallest absolute Gasteiger partial charge is 0.160 e. The highest BCUT2D eigenvalue weighted by atomic mass is 35.5. The van der Waals surface area contributed by atoms with Gasteiger partial charge in [-0.1, -0.05) is 40.2 Å². The molecule has 3 aromatic rings. The molecule has 13 heteroatoms. The quantitative estimate of drug-likeness (QED) is 0.465. The van der Waals surface area contributed by atoms with E-state index in [1.807, 2.05) is 0 Å². The SMILES string of the molecule is OCC1OC(Sc2cc(Cl)c(F)c(Cl)c2)[C@@H](O)C(n2cc(-c3cscn3)nn2)C1O. The van der Waals surface area contributed by atoms with Crippen LogP contribution in [0.5, 0.6) is 0 Å². The van der Waals surface area contributed by atoms with Crippen molar-refractivity contribution in [2.24, 2.45) is 0 Å². The van der Waals surface area contributed by atoms with E-state index < -0.39 is 42.2 Å². The Morgan fingerprint density at radius 2 is 1.93 bits per heavy atom. The van der Waals surface area contributed by atoms with Crippen molar-refractivity contribution < 1.29 is 24.4 Å². The lowest BCUT2D eigenvalue weighted by Crippen LogP contribution is -2.55. The average Bonchev–Trinajstić information content (AvgIpc) is 3.40. The number of rotatable bonds is 5. The Morgan fingerprint density at radius 1 is 1.20 bits per heavy atom. The van der Waals surface area contributed by atoms with Crippen LogP contribution in [-0.4, -0.2) is 65.7 Å². The van der Waals surface area contributed by atoms with Crippen LogP contribution in [0.4, 0.5) is 4.39 Å². The number of ether oxygens (including phenoxy) is 1. The summed E-state index contributed by atoms with van der Waals surface area (Å²) in [6.45, 7) is -0.486. The first kappa shape index (κ1) is 21.9. The topological polar surface area (TPSA) is 114 Å². The Morgan fingerprint density at radius 3 is 2.57 bits per heavy atom. The zero-order valence-corrected chi connectivity index (χ0v) is 18.1. The van der Waals surface area contributed by atoms with Gasteiger partial charge in [0.2, 0.25) is 0 Å². The normalized spacial score (nSPS) is 26.8. The van der Waals surface area contributed by atoms with Crippen molar-refractivity contribution in [3.8, 4) is 11.4 Å². The van der Waals surface area contributed by atoms with Gasteiger partial charge in [0, 0.05) is 10.3 Å². The van der Waals surface area contributed by atoms with Gasteiger partial charge >= 0.3 is 0 Å². The van der Waals surface area contributed by atoms with Gasteiger partial charge in [0.25, 0.3) is 0 Å². The van der Waals surface area contributed by atoms with Gasteiger partial charge < -0.3 is 20.1 Å². The molecule has 0 radical (unpaired) electrons. The van der Waals surface area contributed by atoms with E-state index in [2.05, 4.69) is 15.3 Å². The molecule has 30 heavy (non-hydrogen) atoms. The summed E-state index contributed by atoms with van der Waals surface area (Å²) in [7, 11) is 0. The van der Waals surface area contributed by atoms with Crippen LogP contribution < -0.4 is 0 Å². The van der Waals surface area contributed by atoms with Crippen molar-refractivity contribution in [2.45, 2.75) is 34.7 Å². The van der Waals surface area contributed by atoms with Crippen LogP contribution in [0.2, 0.25) is 10.0 Å². The fourth-order valence-electron chi connectivity index (χ4n) is 3.09. The first-order valence-electron chi connectivity index (χ1n) is 8.63. The molecule has 160 valence electrons. The fourth-order valence-corrected chi connectivity index (χ4v) is 5.39. The number of hydrogen-bond acceptors (Lipinski definition) is 9. The molecule has 1 aromatic carbocycles. The van der Waals surface area contributed by atoms with Crippen molar-refractivity contribution in [3.05, 3.63) is 45.1 Å². The van der Waals surface area contributed by atoms with Crippen LogP contribution in [0.25, 0.3) is 11.4 Å². The molecule has 0 amide bonds. The molecule has 8 nitrogen and oxygen atoms in total. The van der Waals surface area contributed by atoms with E-state index in [-0.39, 0.29) is 10.0 Å². The predicted octanol–water partition coefficient (Wildman–Crippen LogP) is 2.62. The standard InChI is InChI=1S/C17H15Cl2FN4O4S2/c18-8-1-7(2-9(19)13(8)20)30-17-16(27)14(15(26)12(4-25)28-17)24-3-10(22-23-24)11-5-29-6-21-11/h1-3,5-6,12,14-17,25-27H,4H2/t12?,14?,15?,16-,17?/m0/s1. The molecule has 1 aliphatic rings. The van der Waals surface area contributed by atoms with E-state index in [1.54, 1.807) is 17.1 Å². The number of aliphatic hydroxyl groups excluding tert-OH is 3. The van der Waals surface area contributed by atoms with Crippen LogP contribution in [0, 0.1) is 5.82 Å². The van der Waals surface area contributed by atoms with Gasteiger partial charge in [0.15, 0.2) is 5.82 Å². The molecule has 4 unspecified atom stereocenters. The molecule has 1 saturated heterocycles. The van der Waals surface area contributed by atoms with Crippen molar-refractivity contribution in [3.63, 3.8) is 0 Å². The third-order valence-corrected chi connectivity index (χ3v) is 6.84. The summed E-state index contributed by atoms with van der Waals surface area (Å²) >= 11 is 14.1. The number of nitrogens with zero attached hydrogens (tertiary/aromatic N) is 4. The Hall–Kier alpha value is -1.31. The molecule has 1 fully saturated rings. The molecule has 0 saturated carbocycles. The molecule has 0 spiro atoms. The summed E-state index contributed by atoms with van der Waals surface area (Å²) in [5, 5.41) is 40.8. The van der Waals surface area contributed by atoms with Crippen molar-refractivity contribution >= 4 is 46.3 Å². The molecular weight excluding hydrogens is 478 g/mol.